The average Bonchev–Trinajstić information content (AvgIpc) is 2.60. The molecule has 1 heterocycles. The van der Waals surface area contributed by atoms with E-state index in [1.54, 1.807) is 12.1 Å². The zero-order chi connectivity index (χ0) is 16.3. The van der Waals surface area contributed by atoms with E-state index in [4.69, 9.17) is 9.47 Å². The number of nitrogens with zero attached hydrogens (tertiary/aromatic N) is 1. The molecule has 128 valence electrons. The van der Waals surface area contributed by atoms with Gasteiger partial charge in [-0.05, 0) is 37.8 Å². The molecular weight excluding hydrogens is 290 g/mol. The summed E-state index contributed by atoms with van der Waals surface area (Å²) in [4.78, 5) is 14.5. The Labute approximate surface area is 139 Å². The molecule has 1 fully saturated rings. The number of esters is 1. The zero-order valence-electron chi connectivity index (χ0n) is 14.2. The maximum Gasteiger partial charge on any atom is 0.338 e. The molecule has 0 saturated carbocycles. The molecule has 0 radical (unpaired) electrons. The van der Waals surface area contributed by atoms with Crippen molar-refractivity contribution < 1.29 is 14.3 Å². The van der Waals surface area contributed by atoms with Crippen molar-refractivity contribution in [2.75, 3.05) is 32.8 Å². The van der Waals surface area contributed by atoms with Crippen molar-refractivity contribution in [3.63, 3.8) is 0 Å². The standard InChI is InChI=1S/C19H29NO3/c1-2-3-15-22-16-7-12-20-13-10-18(11-14-20)23-19(21)17-8-5-4-6-9-17/h4-6,8-9,18H,2-3,7,10-16H2,1H3. The van der Waals surface area contributed by atoms with Gasteiger partial charge in [0.1, 0.15) is 6.10 Å². The summed E-state index contributed by atoms with van der Waals surface area (Å²) >= 11 is 0. The van der Waals surface area contributed by atoms with Crippen molar-refractivity contribution >= 4 is 5.97 Å². The first kappa shape index (κ1) is 18.0. The highest BCUT2D eigenvalue weighted by Gasteiger charge is 2.22. The Morgan fingerprint density at radius 3 is 2.52 bits per heavy atom. The van der Waals surface area contributed by atoms with Gasteiger partial charge in [0.25, 0.3) is 0 Å². The summed E-state index contributed by atoms with van der Waals surface area (Å²) < 4.78 is 11.2. The lowest BCUT2D eigenvalue weighted by molar-refractivity contribution is 0.0103. The van der Waals surface area contributed by atoms with Gasteiger partial charge in [0.05, 0.1) is 5.56 Å². The van der Waals surface area contributed by atoms with E-state index in [-0.39, 0.29) is 12.1 Å². The van der Waals surface area contributed by atoms with E-state index in [9.17, 15) is 4.79 Å². The molecule has 0 unspecified atom stereocenters. The van der Waals surface area contributed by atoms with E-state index in [1.807, 2.05) is 18.2 Å². The zero-order valence-corrected chi connectivity index (χ0v) is 14.2. The predicted octanol–water partition coefficient (Wildman–Crippen LogP) is 3.51. The van der Waals surface area contributed by atoms with Gasteiger partial charge in [0.15, 0.2) is 0 Å². The molecule has 0 aliphatic carbocycles. The Kier molecular flexibility index (Phi) is 8.12. The molecule has 0 atom stereocenters. The molecule has 0 aromatic heterocycles. The van der Waals surface area contributed by atoms with Gasteiger partial charge < -0.3 is 14.4 Å². The van der Waals surface area contributed by atoms with Crippen LogP contribution in [0.3, 0.4) is 0 Å². The highest BCUT2D eigenvalue weighted by atomic mass is 16.5. The van der Waals surface area contributed by atoms with Crippen LogP contribution in [0.5, 0.6) is 0 Å². The minimum absolute atomic E-state index is 0.0553. The van der Waals surface area contributed by atoms with Crippen LogP contribution in [0.1, 0.15) is 49.4 Å². The van der Waals surface area contributed by atoms with E-state index in [1.165, 1.54) is 6.42 Å². The SMILES string of the molecule is CCCCOCCCN1CCC(OC(=O)c2ccccc2)CC1. The van der Waals surface area contributed by atoms with Gasteiger partial charge in [0, 0.05) is 32.8 Å². The number of rotatable bonds is 9. The van der Waals surface area contributed by atoms with Crippen molar-refractivity contribution in [2.45, 2.75) is 45.1 Å². The molecule has 23 heavy (non-hydrogen) atoms. The van der Waals surface area contributed by atoms with Gasteiger partial charge in [-0.3, -0.25) is 0 Å². The van der Waals surface area contributed by atoms with E-state index < -0.39 is 0 Å². The molecular formula is C19H29NO3. The van der Waals surface area contributed by atoms with Crippen LogP contribution in [0.4, 0.5) is 0 Å². The number of carbonyl (C=O) groups excluding carboxylic acids is 1. The summed E-state index contributed by atoms with van der Waals surface area (Å²) in [5, 5.41) is 0. The molecule has 1 aromatic carbocycles. The Hall–Kier alpha value is -1.39. The highest BCUT2D eigenvalue weighted by Crippen LogP contribution is 2.16. The maximum absolute atomic E-state index is 12.0. The lowest BCUT2D eigenvalue weighted by atomic mass is 10.1. The molecule has 1 saturated heterocycles. The number of ether oxygens (including phenoxy) is 2. The topological polar surface area (TPSA) is 38.8 Å². The largest absolute Gasteiger partial charge is 0.459 e. The first-order valence-corrected chi connectivity index (χ1v) is 8.85. The summed E-state index contributed by atoms with van der Waals surface area (Å²) in [7, 11) is 0. The molecule has 0 bridgehead atoms. The van der Waals surface area contributed by atoms with Gasteiger partial charge in [-0.1, -0.05) is 31.5 Å². The summed E-state index contributed by atoms with van der Waals surface area (Å²) in [6, 6.07) is 9.23. The van der Waals surface area contributed by atoms with Crippen molar-refractivity contribution in [1.29, 1.82) is 0 Å². The third kappa shape index (κ3) is 6.71. The van der Waals surface area contributed by atoms with Crippen LogP contribution in [0, 0.1) is 0 Å². The molecule has 4 heteroatoms. The lowest BCUT2D eigenvalue weighted by Crippen LogP contribution is -2.38. The lowest BCUT2D eigenvalue weighted by Gasteiger charge is -2.31. The van der Waals surface area contributed by atoms with E-state index in [0.29, 0.717) is 5.56 Å². The minimum atomic E-state index is -0.201. The summed E-state index contributed by atoms with van der Waals surface area (Å²) in [5.74, 6) is -0.201. The number of likely N-dealkylation sites (tertiary alicyclic amines) is 1. The molecule has 1 aromatic rings. The predicted molar refractivity (Wildman–Crippen MR) is 91.7 cm³/mol. The van der Waals surface area contributed by atoms with Crippen LogP contribution < -0.4 is 0 Å². The number of unbranched alkanes of at least 4 members (excludes halogenated alkanes) is 1. The molecule has 1 aliphatic rings. The Morgan fingerprint density at radius 2 is 1.83 bits per heavy atom. The van der Waals surface area contributed by atoms with Crippen molar-refractivity contribution in [1.82, 2.24) is 4.90 Å². The number of hydrogen-bond acceptors (Lipinski definition) is 4. The summed E-state index contributed by atoms with van der Waals surface area (Å²) in [6.45, 7) is 6.99. The monoisotopic (exact) mass is 319 g/mol. The number of piperidine rings is 1. The number of benzene rings is 1. The van der Waals surface area contributed by atoms with Crippen LogP contribution in [0.25, 0.3) is 0 Å². The van der Waals surface area contributed by atoms with Crippen LogP contribution in [0.15, 0.2) is 30.3 Å². The highest BCUT2D eigenvalue weighted by molar-refractivity contribution is 5.89. The third-order valence-electron chi connectivity index (χ3n) is 4.22. The molecule has 4 nitrogen and oxygen atoms in total. The third-order valence-corrected chi connectivity index (χ3v) is 4.22. The summed E-state index contributed by atoms with van der Waals surface area (Å²) in [5.41, 5.74) is 0.638. The Morgan fingerprint density at radius 1 is 1.13 bits per heavy atom. The minimum Gasteiger partial charge on any atom is -0.459 e. The fraction of sp³-hybridized carbons (Fsp3) is 0.632. The average molecular weight is 319 g/mol. The van der Waals surface area contributed by atoms with E-state index >= 15 is 0 Å². The van der Waals surface area contributed by atoms with Gasteiger partial charge in [-0.2, -0.15) is 0 Å². The van der Waals surface area contributed by atoms with E-state index in [2.05, 4.69) is 11.8 Å². The Balaban J connectivity index is 1.58. The molecule has 0 amide bonds. The quantitative estimate of drug-likeness (QED) is 0.516. The van der Waals surface area contributed by atoms with Gasteiger partial charge in [0.2, 0.25) is 0 Å². The fourth-order valence-electron chi connectivity index (χ4n) is 2.78. The normalized spacial score (nSPS) is 16.4. The maximum atomic E-state index is 12.0. The second-order valence-electron chi connectivity index (χ2n) is 6.13. The molecule has 0 spiro atoms. The van der Waals surface area contributed by atoms with Crippen molar-refractivity contribution in [3.05, 3.63) is 35.9 Å². The number of carbonyl (C=O) groups is 1. The van der Waals surface area contributed by atoms with E-state index in [0.717, 1.165) is 58.5 Å². The van der Waals surface area contributed by atoms with Crippen LogP contribution in [0.2, 0.25) is 0 Å². The molecule has 0 N–H and O–H groups in total. The second kappa shape index (κ2) is 10.4. The first-order chi connectivity index (χ1) is 11.3. The van der Waals surface area contributed by atoms with Crippen LogP contribution in [-0.4, -0.2) is 49.8 Å². The van der Waals surface area contributed by atoms with Gasteiger partial charge >= 0.3 is 5.97 Å². The van der Waals surface area contributed by atoms with Crippen LogP contribution in [-0.2, 0) is 9.47 Å². The fourth-order valence-corrected chi connectivity index (χ4v) is 2.78. The van der Waals surface area contributed by atoms with Gasteiger partial charge in [-0.25, -0.2) is 4.79 Å². The smallest absolute Gasteiger partial charge is 0.338 e. The molecule has 2 rings (SSSR count). The van der Waals surface area contributed by atoms with Crippen molar-refractivity contribution in [2.24, 2.45) is 0 Å². The first-order valence-electron chi connectivity index (χ1n) is 8.85. The number of hydrogen-bond donors (Lipinski definition) is 0. The second-order valence-corrected chi connectivity index (χ2v) is 6.13. The van der Waals surface area contributed by atoms with Gasteiger partial charge in [-0.15, -0.1) is 0 Å². The Bertz CT molecular complexity index is 441. The van der Waals surface area contributed by atoms with Crippen molar-refractivity contribution in [3.8, 4) is 0 Å². The molecule has 1 aliphatic heterocycles. The van der Waals surface area contributed by atoms with Crippen LogP contribution >= 0.6 is 0 Å². The summed E-state index contributed by atoms with van der Waals surface area (Å²) in [6.07, 6.45) is 5.33.